The molecular formula is C18H23N5O. The van der Waals surface area contributed by atoms with Gasteiger partial charge in [0.15, 0.2) is 5.82 Å². The van der Waals surface area contributed by atoms with Gasteiger partial charge in [-0.15, -0.1) is 10.2 Å². The topological polar surface area (TPSA) is 71.8 Å². The van der Waals surface area contributed by atoms with Crippen LogP contribution in [0.4, 0.5) is 0 Å². The van der Waals surface area contributed by atoms with E-state index in [2.05, 4.69) is 31.5 Å². The summed E-state index contributed by atoms with van der Waals surface area (Å²) in [5, 5.41) is 14.8. The van der Waals surface area contributed by atoms with Crippen LogP contribution >= 0.6 is 0 Å². The highest BCUT2D eigenvalue weighted by atomic mass is 16.1. The standard InChI is InChI=1S/C18H23N5O/c24-18(14-5-3-4-13(10-14)15-7-8-19-11-15)20-12-17-22-21-16-6-1-2-9-23(16)17/h3-5,10,15,19H,1-2,6-9,11-12H2,(H,20,24)/t15-/m1/s1. The number of benzene rings is 1. The summed E-state index contributed by atoms with van der Waals surface area (Å²) < 4.78 is 2.14. The highest BCUT2D eigenvalue weighted by Crippen LogP contribution is 2.23. The Morgan fingerprint density at radius 1 is 1.33 bits per heavy atom. The van der Waals surface area contributed by atoms with Gasteiger partial charge in [-0.2, -0.15) is 0 Å². The van der Waals surface area contributed by atoms with Gasteiger partial charge in [-0.05, 0) is 49.4 Å². The van der Waals surface area contributed by atoms with Crippen molar-refractivity contribution in [2.75, 3.05) is 13.1 Å². The molecule has 2 aliphatic rings. The largest absolute Gasteiger partial charge is 0.345 e. The molecule has 126 valence electrons. The molecule has 0 radical (unpaired) electrons. The number of aryl methyl sites for hydroxylation is 1. The molecular weight excluding hydrogens is 302 g/mol. The summed E-state index contributed by atoms with van der Waals surface area (Å²) in [5.74, 6) is 2.37. The van der Waals surface area contributed by atoms with E-state index in [4.69, 9.17) is 0 Å². The van der Waals surface area contributed by atoms with Crippen molar-refractivity contribution in [2.24, 2.45) is 0 Å². The molecule has 0 bridgehead atoms. The molecule has 2 aromatic rings. The first-order chi connectivity index (χ1) is 11.8. The van der Waals surface area contributed by atoms with Gasteiger partial charge in [-0.3, -0.25) is 4.79 Å². The maximum atomic E-state index is 12.5. The van der Waals surface area contributed by atoms with E-state index in [1.165, 1.54) is 12.0 Å². The van der Waals surface area contributed by atoms with Gasteiger partial charge in [0, 0.05) is 25.1 Å². The van der Waals surface area contributed by atoms with E-state index in [1.807, 2.05) is 18.2 Å². The maximum absolute atomic E-state index is 12.5. The molecule has 0 aliphatic carbocycles. The van der Waals surface area contributed by atoms with Crippen LogP contribution in [0.5, 0.6) is 0 Å². The van der Waals surface area contributed by atoms with E-state index in [0.29, 0.717) is 12.5 Å². The molecule has 0 saturated carbocycles. The van der Waals surface area contributed by atoms with Gasteiger partial charge in [0.1, 0.15) is 5.82 Å². The van der Waals surface area contributed by atoms with Gasteiger partial charge in [0.25, 0.3) is 5.91 Å². The smallest absolute Gasteiger partial charge is 0.251 e. The van der Waals surface area contributed by atoms with Crippen LogP contribution in [0.2, 0.25) is 0 Å². The second-order valence-corrected chi connectivity index (χ2v) is 6.64. The van der Waals surface area contributed by atoms with E-state index < -0.39 is 0 Å². The molecule has 1 atom stereocenters. The number of nitrogens with zero attached hydrogens (tertiary/aromatic N) is 3. The van der Waals surface area contributed by atoms with Gasteiger partial charge < -0.3 is 15.2 Å². The fourth-order valence-corrected chi connectivity index (χ4v) is 3.63. The van der Waals surface area contributed by atoms with Crippen LogP contribution in [-0.2, 0) is 19.5 Å². The predicted molar refractivity (Wildman–Crippen MR) is 90.8 cm³/mol. The SMILES string of the molecule is O=C(NCc1nnc2n1CCCC2)c1cccc([C@@H]2CCNC2)c1. The minimum absolute atomic E-state index is 0.0454. The van der Waals surface area contributed by atoms with E-state index in [-0.39, 0.29) is 5.91 Å². The van der Waals surface area contributed by atoms with E-state index in [0.717, 1.165) is 56.1 Å². The van der Waals surface area contributed by atoms with Crippen LogP contribution in [0.1, 0.15) is 52.8 Å². The van der Waals surface area contributed by atoms with Crippen molar-refractivity contribution in [3.63, 3.8) is 0 Å². The molecule has 1 amide bonds. The Balaban J connectivity index is 1.43. The summed E-state index contributed by atoms with van der Waals surface area (Å²) in [5.41, 5.74) is 1.96. The van der Waals surface area contributed by atoms with Crippen LogP contribution in [0.25, 0.3) is 0 Å². The zero-order valence-electron chi connectivity index (χ0n) is 13.8. The first-order valence-corrected chi connectivity index (χ1v) is 8.81. The Hall–Kier alpha value is -2.21. The lowest BCUT2D eigenvalue weighted by atomic mass is 9.96. The molecule has 1 aromatic carbocycles. The van der Waals surface area contributed by atoms with Gasteiger partial charge in [0.05, 0.1) is 6.54 Å². The van der Waals surface area contributed by atoms with Crippen molar-refractivity contribution >= 4 is 5.91 Å². The normalized spacial score (nSPS) is 19.9. The van der Waals surface area contributed by atoms with Crippen LogP contribution in [0.3, 0.4) is 0 Å². The minimum Gasteiger partial charge on any atom is -0.345 e. The van der Waals surface area contributed by atoms with Gasteiger partial charge >= 0.3 is 0 Å². The second kappa shape index (κ2) is 6.73. The van der Waals surface area contributed by atoms with Crippen molar-refractivity contribution in [3.05, 3.63) is 47.0 Å². The summed E-state index contributed by atoms with van der Waals surface area (Å²) in [7, 11) is 0. The first kappa shape index (κ1) is 15.3. The third-order valence-electron chi connectivity index (χ3n) is 5.02. The fraction of sp³-hybridized carbons (Fsp3) is 0.500. The number of aromatic nitrogens is 3. The van der Waals surface area contributed by atoms with Crippen LogP contribution < -0.4 is 10.6 Å². The van der Waals surface area contributed by atoms with E-state index >= 15 is 0 Å². The quantitative estimate of drug-likeness (QED) is 0.896. The number of hydrogen-bond donors (Lipinski definition) is 2. The number of carbonyl (C=O) groups excluding carboxylic acids is 1. The van der Waals surface area contributed by atoms with Gasteiger partial charge in [0.2, 0.25) is 0 Å². The number of fused-ring (bicyclic) bond motifs is 1. The van der Waals surface area contributed by atoms with Crippen LogP contribution in [0.15, 0.2) is 24.3 Å². The highest BCUT2D eigenvalue weighted by molar-refractivity contribution is 5.94. The zero-order valence-corrected chi connectivity index (χ0v) is 13.8. The molecule has 4 rings (SSSR count). The van der Waals surface area contributed by atoms with E-state index in [1.54, 1.807) is 0 Å². The lowest BCUT2D eigenvalue weighted by molar-refractivity contribution is 0.0949. The average molecular weight is 325 g/mol. The van der Waals surface area contributed by atoms with Crippen molar-refractivity contribution in [1.29, 1.82) is 0 Å². The Bertz CT molecular complexity index is 733. The van der Waals surface area contributed by atoms with Gasteiger partial charge in [-0.1, -0.05) is 12.1 Å². The summed E-state index contributed by atoms with van der Waals surface area (Å²) in [6.45, 7) is 3.44. The molecule has 1 fully saturated rings. The van der Waals surface area contributed by atoms with Crippen LogP contribution in [-0.4, -0.2) is 33.8 Å². The van der Waals surface area contributed by atoms with Crippen molar-refractivity contribution in [3.8, 4) is 0 Å². The van der Waals surface area contributed by atoms with Crippen LogP contribution in [0, 0.1) is 0 Å². The number of rotatable bonds is 4. The number of amides is 1. The molecule has 3 heterocycles. The zero-order chi connectivity index (χ0) is 16.4. The van der Waals surface area contributed by atoms with E-state index in [9.17, 15) is 4.79 Å². The predicted octanol–water partition coefficient (Wildman–Crippen LogP) is 1.62. The molecule has 1 aromatic heterocycles. The molecule has 0 unspecified atom stereocenters. The minimum atomic E-state index is -0.0454. The third kappa shape index (κ3) is 3.06. The number of hydrogen-bond acceptors (Lipinski definition) is 4. The third-order valence-corrected chi connectivity index (χ3v) is 5.02. The van der Waals surface area contributed by atoms with Gasteiger partial charge in [-0.25, -0.2) is 0 Å². The Morgan fingerprint density at radius 3 is 3.17 bits per heavy atom. The molecule has 2 N–H and O–H groups in total. The molecule has 6 nitrogen and oxygen atoms in total. The molecule has 2 aliphatic heterocycles. The van der Waals surface area contributed by atoms with Crippen molar-refractivity contribution in [1.82, 2.24) is 25.4 Å². The fourth-order valence-electron chi connectivity index (χ4n) is 3.63. The highest BCUT2D eigenvalue weighted by Gasteiger charge is 2.19. The first-order valence-electron chi connectivity index (χ1n) is 8.81. The molecule has 24 heavy (non-hydrogen) atoms. The number of nitrogens with one attached hydrogen (secondary N) is 2. The molecule has 6 heteroatoms. The maximum Gasteiger partial charge on any atom is 0.251 e. The Kier molecular flexibility index (Phi) is 4.30. The summed E-state index contributed by atoms with van der Waals surface area (Å²) >= 11 is 0. The molecule has 1 saturated heterocycles. The summed E-state index contributed by atoms with van der Waals surface area (Å²) in [4.78, 5) is 12.5. The Labute approximate surface area is 141 Å². The number of carbonyl (C=O) groups is 1. The van der Waals surface area contributed by atoms with Crippen molar-refractivity contribution < 1.29 is 4.79 Å². The molecule has 0 spiro atoms. The monoisotopic (exact) mass is 325 g/mol. The lowest BCUT2D eigenvalue weighted by Crippen LogP contribution is -2.25. The van der Waals surface area contributed by atoms with Crippen molar-refractivity contribution in [2.45, 2.75) is 44.7 Å². The second-order valence-electron chi connectivity index (χ2n) is 6.64. The average Bonchev–Trinajstić information content (AvgIpc) is 3.30. The Morgan fingerprint density at radius 2 is 2.29 bits per heavy atom. The summed E-state index contributed by atoms with van der Waals surface area (Å²) in [6, 6.07) is 7.98. The summed E-state index contributed by atoms with van der Waals surface area (Å²) in [6.07, 6.45) is 4.45. The lowest BCUT2D eigenvalue weighted by Gasteiger charge is -2.15.